The third kappa shape index (κ3) is 3.28. The molecule has 5 heterocycles. The van der Waals surface area contributed by atoms with Crippen molar-refractivity contribution >= 4 is 22.9 Å². The first-order valence-corrected chi connectivity index (χ1v) is 12.8. The maximum atomic E-state index is 6.80. The van der Waals surface area contributed by atoms with Crippen molar-refractivity contribution in [2.75, 3.05) is 18.0 Å². The lowest BCUT2D eigenvalue weighted by Gasteiger charge is -2.42. The van der Waals surface area contributed by atoms with Gasteiger partial charge in [0, 0.05) is 61.1 Å². The number of rotatable bonds is 3. The Labute approximate surface area is 209 Å². The maximum absolute atomic E-state index is 6.80. The van der Waals surface area contributed by atoms with E-state index < -0.39 is 0 Å². The average molecular weight is 486 g/mol. The molecule has 2 aliphatic carbocycles. The molecule has 1 atom stereocenters. The number of anilines is 1. The van der Waals surface area contributed by atoms with Crippen LogP contribution < -0.4 is 10.6 Å². The summed E-state index contributed by atoms with van der Waals surface area (Å²) < 4.78 is 2.11. The summed E-state index contributed by atoms with van der Waals surface area (Å²) in [6, 6.07) is 4.22. The van der Waals surface area contributed by atoms with Gasteiger partial charge in [0.1, 0.15) is 11.3 Å². The van der Waals surface area contributed by atoms with Crippen molar-refractivity contribution in [3.05, 3.63) is 70.7 Å². The first-order valence-electron chi connectivity index (χ1n) is 12.5. The molecule has 0 amide bonds. The monoisotopic (exact) mass is 485 g/mol. The van der Waals surface area contributed by atoms with E-state index in [4.69, 9.17) is 27.3 Å². The fourth-order valence-corrected chi connectivity index (χ4v) is 6.51. The lowest BCUT2D eigenvalue weighted by molar-refractivity contribution is 0.187. The van der Waals surface area contributed by atoms with Crippen LogP contribution in [-0.2, 0) is 6.42 Å². The number of fused-ring (bicyclic) bond motifs is 2. The third-order valence-corrected chi connectivity index (χ3v) is 8.71. The predicted molar refractivity (Wildman–Crippen MR) is 137 cm³/mol. The summed E-state index contributed by atoms with van der Waals surface area (Å²) in [4.78, 5) is 21.0. The Kier molecular flexibility index (Phi) is 4.70. The molecular weight excluding hydrogens is 458 g/mol. The second kappa shape index (κ2) is 7.73. The third-order valence-electron chi connectivity index (χ3n) is 8.32. The van der Waals surface area contributed by atoms with E-state index in [0.29, 0.717) is 5.92 Å². The van der Waals surface area contributed by atoms with Gasteiger partial charge in [-0.15, -0.1) is 0 Å². The lowest BCUT2D eigenvalue weighted by atomic mass is 9.73. The van der Waals surface area contributed by atoms with E-state index in [1.807, 2.05) is 37.1 Å². The summed E-state index contributed by atoms with van der Waals surface area (Å²) >= 11 is 6.80. The quantitative estimate of drug-likeness (QED) is 0.445. The number of aromatic nitrogens is 5. The van der Waals surface area contributed by atoms with Crippen molar-refractivity contribution in [2.45, 2.75) is 51.0 Å². The van der Waals surface area contributed by atoms with Gasteiger partial charge in [-0.3, -0.25) is 14.4 Å². The largest absolute Gasteiger partial charge is 0.355 e. The number of aryl methyl sites for hydroxylation is 1. The number of halogens is 1. The summed E-state index contributed by atoms with van der Waals surface area (Å²) in [5.74, 6) is 2.29. The zero-order chi connectivity index (χ0) is 23.7. The van der Waals surface area contributed by atoms with Gasteiger partial charge in [-0.2, -0.15) is 0 Å². The molecule has 7 nitrogen and oxygen atoms in total. The second-order valence-corrected chi connectivity index (χ2v) is 10.8. The Hall–Kier alpha value is -3.03. The summed E-state index contributed by atoms with van der Waals surface area (Å²) in [6.45, 7) is 3.89. The first kappa shape index (κ1) is 21.3. The van der Waals surface area contributed by atoms with Crippen LogP contribution in [0.3, 0.4) is 0 Å². The number of nitrogens with two attached hydrogens (primary N) is 1. The average Bonchev–Trinajstić information content (AvgIpc) is 3.57. The molecule has 4 aromatic heterocycles. The summed E-state index contributed by atoms with van der Waals surface area (Å²) in [7, 11) is 0. The predicted octanol–water partition coefficient (Wildman–Crippen LogP) is 4.87. The highest BCUT2D eigenvalue weighted by Gasteiger charge is 2.46. The van der Waals surface area contributed by atoms with E-state index in [2.05, 4.69) is 32.3 Å². The van der Waals surface area contributed by atoms with Gasteiger partial charge in [-0.1, -0.05) is 11.6 Å². The number of nitrogens with zero attached hydrogens (tertiary/aromatic N) is 6. The Bertz CT molecular complexity index is 1450. The van der Waals surface area contributed by atoms with Crippen molar-refractivity contribution in [1.82, 2.24) is 24.3 Å². The van der Waals surface area contributed by atoms with E-state index in [9.17, 15) is 0 Å². The highest BCUT2D eigenvalue weighted by atomic mass is 35.5. The summed E-state index contributed by atoms with van der Waals surface area (Å²) in [6.07, 6.45) is 15.0. The Morgan fingerprint density at radius 2 is 1.89 bits per heavy atom. The van der Waals surface area contributed by atoms with Crippen molar-refractivity contribution in [1.29, 1.82) is 0 Å². The Morgan fingerprint density at radius 1 is 1.06 bits per heavy atom. The molecule has 2 N–H and O–H groups in total. The van der Waals surface area contributed by atoms with Gasteiger partial charge in [0.15, 0.2) is 5.82 Å². The van der Waals surface area contributed by atoms with Crippen LogP contribution in [0, 0.1) is 12.3 Å². The van der Waals surface area contributed by atoms with Crippen molar-refractivity contribution < 1.29 is 0 Å². The van der Waals surface area contributed by atoms with E-state index in [0.717, 1.165) is 84.3 Å². The number of imidazole rings is 1. The highest BCUT2D eigenvalue weighted by Crippen LogP contribution is 2.51. The number of hydrogen-bond donors (Lipinski definition) is 1. The number of hydrogen-bond acceptors (Lipinski definition) is 6. The molecule has 3 aliphatic rings. The zero-order valence-electron chi connectivity index (χ0n) is 19.8. The van der Waals surface area contributed by atoms with Crippen LogP contribution in [-0.4, -0.2) is 37.4 Å². The van der Waals surface area contributed by atoms with Gasteiger partial charge in [0.25, 0.3) is 0 Å². The molecule has 7 rings (SSSR count). The summed E-state index contributed by atoms with van der Waals surface area (Å²) in [5.41, 5.74) is 13.5. The highest BCUT2D eigenvalue weighted by molar-refractivity contribution is 6.33. The molecule has 1 saturated heterocycles. The molecule has 2 fully saturated rings. The molecule has 0 radical (unpaired) electrons. The minimum Gasteiger partial charge on any atom is -0.355 e. The van der Waals surface area contributed by atoms with Crippen LogP contribution in [0.25, 0.3) is 16.9 Å². The lowest BCUT2D eigenvalue weighted by Crippen LogP contribution is -2.44. The van der Waals surface area contributed by atoms with Crippen LogP contribution in [0.5, 0.6) is 0 Å². The molecule has 1 saturated carbocycles. The van der Waals surface area contributed by atoms with Gasteiger partial charge in [-0.05, 0) is 67.7 Å². The second-order valence-electron chi connectivity index (χ2n) is 10.4. The summed E-state index contributed by atoms with van der Waals surface area (Å²) in [5, 5.41) is 0.722. The van der Waals surface area contributed by atoms with Crippen molar-refractivity contribution in [2.24, 2.45) is 11.1 Å². The topological polar surface area (TPSA) is 85.2 Å². The first-order chi connectivity index (χ1) is 17.0. The Morgan fingerprint density at radius 3 is 2.69 bits per heavy atom. The van der Waals surface area contributed by atoms with Crippen LogP contribution in [0.4, 0.5) is 5.82 Å². The fourth-order valence-electron chi connectivity index (χ4n) is 6.16. The van der Waals surface area contributed by atoms with E-state index >= 15 is 0 Å². The molecule has 0 bridgehead atoms. The SMILES string of the molecule is Cc1cc2c(cn1)C(N)C1(CCN(c3nccn4c(-c5ccnc(C6CC6)c5Cl)ncc34)CC1)C2. The van der Waals surface area contributed by atoms with Crippen LogP contribution in [0.15, 0.2) is 43.1 Å². The van der Waals surface area contributed by atoms with Crippen LogP contribution in [0.2, 0.25) is 5.02 Å². The fraction of sp³-hybridized carbons (Fsp3) is 0.407. The number of piperidine rings is 1. The molecule has 178 valence electrons. The van der Waals surface area contributed by atoms with E-state index in [1.165, 1.54) is 11.1 Å². The van der Waals surface area contributed by atoms with E-state index in [-0.39, 0.29) is 11.5 Å². The molecule has 0 aromatic carbocycles. The van der Waals surface area contributed by atoms with Crippen LogP contribution >= 0.6 is 11.6 Å². The van der Waals surface area contributed by atoms with Crippen molar-refractivity contribution in [3.8, 4) is 11.4 Å². The molecule has 4 aromatic rings. The molecule has 1 spiro atoms. The molecule has 8 heteroatoms. The van der Waals surface area contributed by atoms with Crippen molar-refractivity contribution in [3.63, 3.8) is 0 Å². The molecule has 1 aliphatic heterocycles. The smallest absolute Gasteiger partial charge is 0.154 e. The standard InChI is InChI=1S/C27H28ClN7/c1-16-12-18-13-27(24(29)20(18)14-32-16)5-9-34(10-6-27)26-21-15-33-25(35(21)11-8-31-26)19-4-7-30-23(22(19)28)17-2-3-17/h4,7-8,11-12,14-15,17,24H,2-3,5-6,9-10,13,29H2,1H3. The normalized spacial score (nSPS) is 21.1. The minimum atomic E-state index is 0.0487. The Balaban J connectivity index is 1.18. The molecule has 1 unspecified atom stereocenters. The van der Waals surface area contributed by atoms with E-state index in [1.54, 1.807) is 0 Å². The van der Waals surface area contributed by atoms with Gasteiger partial charge >= 0.3 is 0 Å². The maximum Gasteiger partial charge on any atom is 0.154 e. The molecule has 35 heavy (non-hydrogen) atoms. The zero-order valence-corrected chi connectivity index (χ0v) is 20.5. The van der Waals surface area contributed by atoms with Gasteiger partial charge in [-0.25, -0.2) is 9.97 Å². The van der Waals surface area contributed by atoms with Gasteiger partial charge in [0.05, 0.1) is 16.9 Å². The van der Waals surface area contributed by atoms with Crippen LogP contribution in [0.1, 0.15) is 60.2 Å². The van der Waals surface area contributed by atoms with Gasteiger partial charge in [0.2, 0.25) is 0 Å². The number of pyridine rings is 2. The molecular formula is C27H28ClN7. The van der Waals surface area contributed by atoms with Gasteiger partial charge < -0.3 is 10.6 Å². The minimum absolute atomic E-state index is 0.0487.